The zero-order chi connectivity index (χ0) is 14.4. The lowest BCUT2D eigenvalue weighted by atomic mass is 9.99. The van der Waals surface area contributed by atoms with Crippen LogP contribution in [0.15, 0.2) is 30.3 Å². The van der Waals surface area contributed by atoms with Gasteiger partial charge in [0.2, 0.25) is 5.91 Å². The molecular weight excluding hydrogens is 250 g/mol. The number of hydrogen-bond acceptors (Lipinski definition) is 3. The third-order valence-corrected chi connectivity index (χ3v) is 3.64. The fraction of sp³-hybridized carbons (Fsp3) is 0.500. The van der Waals surface area contributed by atoms with Crippen molar-refractivity contribution in [2.75, 3.05) is 19.6 Å². The zero-order valence-electron chi connectivity index (χ0n) is 11.9. The normalized spacial score (nSPS) is 18.2. The van der Waals surface area contributed by atoms with Crippen LogP contribution in [0.4, 0.5) is 0 Å². The van der Waals surface area contributed by atoms with Crippen LogP contribution in [0.2, 0.25) is 0 Å². The topological polar surface area (TPSA) is 56.1 Å². The number of carbonyl (C=O) groups excluding carboxylic acids is 1. The number of likely N-dealkylation sites (tertiary alicyclic amines) is 1. The number of carbonyl (C=O) groups is 1. The van der Waals surface area contributed by atoms with Gasteiger partial charge in [0.05, 0.1) is 6.07 Å². The Hall–Kier alpha value is -1.86. The van der Waals surface area contributed by atoms with E-state index in [-0.39, 0.29) is 11.9 Å². The minimum absolute atomic E-state index is 0.0696. The molecule has 1 aliphatic heterocycles. The van der Waals surface area contributed by atoms with Crippen LogP contribution >= 0.6 is 0 Å². The van der Waals surface area contributed by atoms with Crippen LogP contribution in [0, 0.1) is 11.3 Å². The molecule has 4 heteroatoms. The van der Waals surface area contributed by atoms with Crippen LogP contribution < -0.4 is 5.32 Å². The van der Waals surface area contributed by atoms with Gasteiger partial charge in [-0.2, -0.15) is 5.26 Å². The van der Waals surface area contributed by atoms with Gasteiger partial charge in [-0.25, -0.2) is 0 Å². The van der Waals surface area contributed by atoms with E-state index in [2.05, 4.69) is 16.3 Å². The van der Waals surface area contributed by atoms with Crippen molar-refractivity contribution < 1.29 is 4.79 Å². The monoisotopic (exact) mass is 271 g/mol. The van der Waals surface area contributed by atoms with Crippen molar-refractivity contribution in [2.24, 2.45) is 0 Å². The van der Waals surface area contributed by atoms with E-state index in [1.54, 1.807) is 0 Å². The van der Waals surface area contributed by atoms with Gasteiger partial charge in [0.1, 0.15) is 5.92 Å². The Kier molecular flexibility index (Phi) is 5.14. The highest BCUT2D eigenvalue weighted by Crippen LogP contribution is 2.15. The summed E-state index contributed by atoms with van der Waals surface area (Å²) in [5.41, 5.74) is 0.751. The van der Waals surface area contributed by atoms with Crippen LogP contribution in [0.25, 0.3) is 0 Å². The van der Waals surface area contributed by atoms with Crippen LogP contribution in [-0.4, -0.2) is 36.5 Å². The minimum Gasteiger partial charge on any atom is -0.351 e. The summed E-state index contributed by atoms with van der Waals surface area (Å²) >= 11 is 0. The molecule has 1 aliphatic rings. The molecule has 0 aromatic heterocycles. The lowest BCUT2D eigenvalue weighted by molar-refractivity contribution is -0.122. The summed E-state index contributed by atoms with van der Waals surface area (Å²) in [7, 11) is 0. The van der Waals surface area contributed by atoms with Crippen molar-refractivity contribution in [3.05, 3.63) is 35.9 Å². The first-order valence-corrected chi connectivity index (χ1v) is 7.18. The number of hydrogen-bond donors (Lipinski definition) is 1. The van der Waals surface area contributed by atoms with Crippen LogP contribution in [0.3, 0.4) is 0 Å². The Morgan fingerprint density at radius 1 is 1.35 bits per heavy atom. The smallest absolute Gasteiger partial charge is 0.242 e. The molecule has 0 radical (unpaired) electrons. The molecular formula is C16H21N3O. The van der Waals surface area contributed by atoms with Gasteiger partial charge < -0.3 is 10.2 Å². The Bertz CT molecular complexity index is 474. The van der Waals surface area contributed by atoms with Crippen molar-refractivity contribution in [3.63, 3.8) is 0 Å². The lowest BCUT2D eigenvalue weighted by Gasteiger charge is -2.22. The average Bonchev–Trinajstić information content (AvgIpc) is 2.93. The summed E-state index contributed by atoms with van der Waals surface area (Å²) in [4.78, 5) is 14.6. The van der Waals surface area contributed by atoms with Crippen molar-refractivity contribution in [1.82, 2.24) is 10.2 Å². The van der Waals surface area contributed by atoms with Gasteiger partial charge in [-0.3, -0.25) is 4.79 Å². The van der Waals surface area contributed by atoms with Gasteiger partial charge in [0.25, 0.3) is 0 Å². The standard InChI is InChI=1S/C16H21N3O/c1-13(12-19-9-5-6-10-19)18-16(20)15(11-17)14-7-3-2-4-8-14/h2-4,7-8,13,15H,5-6,9-10,12H2,1H3,(H,18,20). The molecule has 1 fully saturated rings. The van der Waals surface area contributed by atoms with Gasteiger partial charge >= 0.3 is 0 Å². The molecule has 0 bridgehead atoms. The van der Waals surface area contributed by atoms with Crippen LogP contribution in [-0.2, 0) is 4.79 Å². The summed E-state index contributed by atoms with van der Waals surface area (Å²) in [6.45, 7) is 5.08. The van der Waals surface area contributed by atoms with E-state index in [4.69, 9.17) is 0 Å². The summed E-state index contributed by atoms with van der Waals surface area (Å²) in [5.74, 6) is -0.928. The van der Waals surface area contributed by atoms with Crippen LogP contribution in [0.5, 0.6) is 0 Å². The number of nitriles is 1. The molecule has 20 heavy (non-hydrogen) atoms. The number of amides is 1. The second kappa shape index (κ2) is 7.06. The van der Waals surface area contributed by atoms with E-state index in [9.17, 15) is 10.1 Å². The van der Waals surface area contributed by atoms with E-state index in [1.165, 1.54) is 12.8 Å². The van der Waals surface area contributed by atoms with E-state index in [0.717, 1.165) is 25.2 Å². The molecule has 2 rings (SSSR count). The molecule has 1 amide bonds. The summed E-state index contributed by atoms with van der Waals surface area (Å²) < 4.78 is 0. The van der Waals surface area contributed by atoms with Gasteiger partial charge in [-0.05, 0) is 38.4 Å². The lowest BCUT2D eigenvalue weighted by Crippen LogP contribution is -2.42. The first-order chi connectivity index (χ1) is 9.70. The molecule has 1 saturated heterocycles. The fourth-order valence-corrected chi connectivity index (χ4v) is 2.65. The molecule has 1 aromatic rings. The van der Waals surface area contributed by atoms with Gasteiger partial charge in [-0.15, -0.1) is 0 Å². The second-order valence-electron chi connectivity index (χ2n) is 5.39. The van der Waals surface area contributed by atoms with Crippen molar-refractivity contribution in [3.8, 4) is 6.07 Å². The first kappa shape index (κ1) is 14.5. The van der Waals surface area contributed by atoms with Gasteiger partial charge in [-0.1, -0.05) is 30.3 Å². The number of benzene rings is 1. The third-order valence-electron chi connectivity index (χ3n) is 3.64. The number of nitrogens with zero attached hydrogens (tertiary/aromatic N) is 2. The maximum atomic E-state index is 12.2. The predicted molar refractivity (Wildman–Crippen MR) is 78.1 cm³/mol. The molecule has 0 saturated carbocycles. The van der Waals surface area contributed by atoms with Gasteiger partial charge in [0.15, 0.2) is 0 Å². The molecule has 106 valence electrons. The maximum absolute atomic E-state index is 12.2. The van der Waals surface area contributed by atoms with Crippen LogP contribution in [0.1, 0.15) is 31.2 Å². The Labute approximate surface area is 120 Å². The average molecular weight is 271 g/mol. The van der Waals surface area contributed by atoms with E-state index >= 15 is 0 Å². The fourth-order valence-electron chi connectivity index (χ4n) is 2.65. The quantitative estimate of drug-likeness (QED) is 0.890. The highest BCUT2D eigenvalue weighted by molar-refractivity contribution is 5.86. The Balaban J connectivity index is 1.91. The predicted octanol–water partition coefficient (Wildman–Crippen LogP) is 1.89. The highest BCUT2D eigenvalue weighted by atomic mass is 16.1. The minimum atomic E-state index is -0.725. The summed E-state index contributed by atoms with van der Waals surface area (Å²) in [6, 6.07) is 11.4. The zero-order valence-corrected chi connectivity index (χ0v) is 11.9. The van der Waals surface area contributed by atoms with Crippen molar-refractivity contribution in [2.45, 2.75) is 31.7 Å². The molecule has 4 nitrogen and oxygen atoms in total. The number of nitrogens with one attached hydrogen (secondary N) is 1. The largest absolute Gasteiger partial charge is 0.351 e. The van der Waals surface area contributed by atoms with E-state index in [1.807, 2.05) is 37.3 Å². The summed E-state index contributed by atoms with van der Waals surface area (Å²) in [5, 5.41) is 12.2. The van der Waals surface area contributed by atoms with E-state index in [0.29, 0.717) is 0 Å². The number of rotatable bonds is 5. The highest BCUT2D eigenvalue weighted by Gasteiger charge is 2.22. The Morgan fingerprint density at radius 2 is 2.00 bits per heavy atom. The first-order valence-electron chi connectivity index (χ1n) is 7.18. The molecule has 2 atom stereocenters. The maximum Gasteiger partial charge on any atom is 0.242 e. The molecule has 2 unspecified atom stereocenters. The molecule has 0 spiro atoms. The Morgan fingerprint density at radius 3 is 2.60 bits per heavy atom. The molecule has 0 aliphatic carbocycles. The van der Waals surface area contributed by atoms with E-state index < -0.39 is 5.92 Å². The molecule has 1 N–H and O–H groups in total. The third kappa shape index (κ3) is 3.82. The molecule has 1 aromatic carbocycles. The molecule has 1 heterocycles. The van der Waals surface area contributed by atoms with Crippen molar-refractivity contribution >= 4 is 5.91 Å². The SMILES string of the molecule is CC(CN1CCCC1)NC(=O)C(C#N)c1ccccc1. The van der Waals surface area contributed by atoms with Crippen molar-refractivity contribution in [1.29, 1.82) is 5.26 Å². The second-order valence-corrected chi connectivity index (χ2v) is 5.39. The van der Waals surface area contributed by atoms with Gasteiger partial charge in [0, 0.05) is 12.6 Å². The summed E-state index contributed by atoms with van der Waals surface area (Å²) in [6.07, 6.45) is 2.48.